The molecule has 0 N–H and O–H groups in total. The SMILES string of the molecule is Fc1ccc(-n2cc(C3CCOCC3)c3ccncc32)cc1. The summed E-state index contributed by atoms with van der Waals surface area (Å²) in [6.45, 7) is 1.64. The van der Waals surface area contributed by atoms with E-state index in [1.165, 1.54) is 23.1 Å². The van der Waals surface area contributed by atoms with Crippen molar-refractivity contribution in [1.82, 2.24) is 9.55 Å². The number of benzene rings is 1. The van der Waals surface area contributed by atoms with Gasteiger partial charge in [-0.3, -0.25) is 4.98 Å². The summed E-state index contributed by atoms with van der Waals surface area (Å²) >= 11 is 0. The highest BCUT2D eigenvalue weighted by Gasteiger charge is 2.21. The average Bonchev–Trinajstić information content (AvgIpc) is 2.96. The quantitative estimate of drug-likeness (QED) is 0.713. The molecule has 0 amide bonds. The van der Waals surface area contributed by atoms with E-state index in [9.17, 15) is 4.39 Å². The molecule has 0 aliphatic carbocycles. The Morgan fingerprint density at radius 3 is 2.64 bits per heavy atom. The first-order chi connectivity index (χ1) is 10.8. The summed E-state index contributed by atoms with van der Waals surface area (Å²) in [5.74, 6) is 0.295. The normalized spacial score (nSPS) is 16.2. The number of ether oxygens (including phenoxy) is 1. The molecule has 0 atom stereocenters. The van der Waals surface area contributed by atoms with E-state index >= 15 is 0 Å². The lowest BCUT2D eigenvalue weighted by atomic mass is 9.92. The Morgan fingerprint density at radius 2 is 1.86 bits per heavy atom. The molecule has 1 saturated heterocycles. The third-order valence-electron chi connectivity index (χ3n) is 4.40. The number of hydrogen-bond donors (Lipinski definition) is 0. The third-order valence-corrected chi connectivity index (χ3v) is 4.40. The van der Waals surface area contributed by atoms with Crippen LogP contribution in [0, 0.1) is 5.82 Å². The van der Waals surface area contributed by atoms with Gasteiger partial charge in [0.2, 0.25) is 0 Å². The van der Waals surface area contributed by atoms with Crippen molar-refractivity contribution in [2.75, 3.05) is 13.2 Å². The van der Waals surface area contributed by atoms with Crippen LogP contribution in [-0.2, 0) is 4.74 Å². The molecule has 112 valence electrons. The third kappa shape index (κ3) is 2.29. The van der Waals surface area contributed by atoms with E-state index in [4.69, 9.17) is 4.74 Å². The number of nitrogens with zero attached hydrogens (tertiary/aromatic N) is 2. The number of aromatic nitrogens is 2. The Morgan fingerprint density at radius 1 is 1.09 bits per heavy atom. The van der Waals surface area contributed by atoms with Gasteiger partial charge in [0.1, 0.15) is 5.82 Å². The molecule has 4 heteroatoms. The fraction of sp³-hybridized carbons (Fsp3) is 0.278. The van der Waals surface area contributed by atoms with Crippen molar-refractivity contribution >= 4 is 10.9 Å². The second-order valence-corrected chi connectivity index (χ2v) is 5.71. The van der Waals surface area contributed by atoms with Gasteiger partial charge in [-0.25, -0.2) is 4.39 Å². The number of hydrogen-bond acceptors (Lipinski definition) is 2. The van der Waals surface area contributed by atoms with Gasteiger partial charge in [-0.05, 0) is 54.7 Å². The van der Waals surface area contributed by atoms with Crippen molar-refractivity contribution in [2.24, 2.45) is 0 Å². The second kappa shape index (κ2) is 5.54. The maximum atomic E-state index is 13.2. The number of halogens is 1. The topological polar surface area (TPSA) is 27.1 Å². The standard InChI is InChI=1S/C18H17FN2O/c19-14-1-3-15(4-2-14)21-12-17(13-6-9-22-10-7-13)16-5-8-20-11-18(16)21/h1-5,8,11-13H,6-7,9-10H2. The summed E-state index contributed by atoms with van der Waals surface area (Å²) in [5, 5.41) is 1.23. The molecule has 4 rings (SSSR count). The predicted molar refractivity (Wildman–Crippen MR) is 83.8 cm³/mol. The molecule has 3 heterocycles. The van der Waals surface area contributed by atoms with Crippen LogP contribution < -0.4 is 0 Å². The minimum atomic E-state index is -0.219. The molecule has 3 nitrogen and oxygen atoms in total. The molecule has 0 saturated carbocycles. The summed E-state index contributed by atoms with van der Waals surface area (Å²) in [7, 11) is 0. The van der Waals surface area contributed by atoms with Crippen LogP contribution in [0.1, 0.15) is 24.3 Å². The zero-order chi connectivity index (χ0) is 14.9. The van der Waals surface area contributed by atoms with Gasteiger partial charge in [0.25, 0.3) is 0 Å². The van der Waals surface area contributed by atoms with Crippen LogP contribution in [0.4, 0.5) is 4.39 Å². The lowest BCUT2D eigenvalue weighted by molar-refractivity contribution is 0.0856. The molecule has 2 aromatic heterocycles. The zero-order valence-corrected chi connectivity index (χ0v) is 12.2. The smallest absolute Gasteiger partial charge is 0.123 e. The Balaban J connectivity index is 1.86. The van der Waals surface area contributed by atoms with E-state index in [2.05, 4.69) is 21.8 Å². The van der Waals surface area contributed by atoms with Crippen LogP contribution in [0.3, 0.4) is 0 Å². The minimum Gasteiger partial charge on any atom is -0.381 e. The maximum Gasteiger partial charge on any atom is 0.123 e. The van der Waals surface area contributed by atoms with Gasteiger partial charge < -0.3 is 9.30 Å². The maximum absolute atomic E-state index is 13.2. The van der Waals surface area contributed by atoms with E-state index in [0.29, 0.717) is 5.92 Å². The van der Waals surface area contributed by atoms with Crippen molar-refractivity contribution in [2.45, 2.75) is 18.8 Å². The highest BCUT2D eigenvalue weighted by Crippen LogP contribution is 2.34. The van der Waals surface area contributed by atoms with Crippen LogP contribution >= 0.6 is 0 Å². The zero-order valence-electron chi connectivity index (χ0n) is 12.2. The van der Waals surface area contributed by atoms with Crippen molar-refractivity contribution in [3.05, 3.63) is 60.3 Å². The van der Waals surface area contributed by atoms with Gasteiger partial charge in [-0.1, -0.05) is 0 Å². The van der Waals surface area contributed by atoms with Crippen LogP contribution in [0.25, 0.3) is 16.6 Å². The summed E-state index contributed by atoms with van der Waals surface area (Å²) in [6.07, 6.45) is 7.98. The van der Waals surface area contributed by atoms with E-state index in [1.54, 1.807) is 12.1 Å². The molecule has 1 aliphatic heterocycles. The molecule has 0 radical (unpaired) electrons. The van der Waals surface area contributed by atoms with E-state index in [1.807, 2.05) is 12.4 Å². The summed E-state index contributed by atoms with van der Waals surface area (Å²) < 4.78 is 20.8. The van der Waals surface area contributed by atoms with Gasteiger partial charge in [0.05, 0.1) is 11.7 Å². The van der Waals surface area contributed by atoms with Gasteiger partial charge in [0.15, 0.2) is 0 Å². The average molecular weight is 296 g/mol. The lowest BCUT2D eigenvalue weighted by Crippen LogP contribution is -2.13. The highest BCUT2D eigenvalue weighted by molar-refractivity contribution is 5.85. The van der Waals surface area contributed by atoms with Crippen molar-refractivity contribution < 1.29 is 9.13 Å². The van der Waals surface area contributed by atoms with Crippen LogP contribution in [0.5, 0.6) is 0 Å². The molecular weight excluding hydrogens is 279 g/mol. The second-order valence-electron chi connectivity index (χ2n) is 5.71. The first-order valence-electron chi connectivity index (χ1n) is 7.61. The summed E-state index contributed by atoms with van der Waals surface area (Å²) in [6, 6.07) is 8.66. The lowest BCUT2D eigenvalue weighted by Gasteiger charge is -2.21. The van der Waals surface area contributed by atoms with Crippen LogP contribution in [0.2, 0.25) is 0 Å². The Labute approximate surface area is 128 Å². The molecule has 0 unspecified atom stereocenters. The summed E-state index contributed by atoms with van der Waals surface area (Å²) in [4.78, 5) is 4.26. The number of pyridine rings is 1. The van der Waals surface area contributed by atoms with Gasteiger partial charge in [-0.2, -0.15) is 0 Å². The predicted octanol–water partition coefficient (Wildman–Crippen LogP) is 4.06. The number of rotatable bonds is 2. The fourth-order valence-corrected chi connectivity index (χ4v) is 3.25. The Kier molecular flexibility index (Phi) is 3.39. The molecule has 1 fully saturated rings. The molecule has 1 aliphatic rings. The van der Waals surface area contributed by atoms with Crippen LogP contribution in [-0.4, -0.2) is 22.8 Å². The van der Waals surface area contributed by atoms with E-state index in [0.717, 1.165) is 37.3 Å². The molecule has 22 heavy (non-hydrogen) atoms. The molecule has 1 aromatic carbocycles. The van der Waals surface area contributed by atoms with Crippen molar-refractivity contribution in [1.29, 1.82) is 0 Å². The molecule has 0 bridgehead atoms. The Hall–Kier alpha value is -2.20. The first kappa shape index (κ1) is 13.5. The highest BCUT2D eigenvalue weighted by atomic mass is 19.1. The number of fused-ring (bicyclic) bond motifs is 1. The van der Waals surface area contributed by atoms with Gasteiger partial charge >= 0.3 is 0 Å². The largest absolute Gasteiger partial charge is 0.381 e. The molecule has 3 aromatic rings. The fourth-order valence-electron chi connectivity index (χ4n) is 3.25. The monoisotopic (exact) mass is 296 g/mol. The van der Waals surface area contributed by atoms with E-state index in [-0.39, 0.29) is 5.82 Å². The van der Waals surface area contributed by atoms with Gasteiger partial charge in [-0.15, -0.1) is 0 Å². The minimum absolute atomic E-state index is 0.219. The molecular formula is C18H17FN2O. The van der Waals surface area contributed by atoms with Crippen molar-refractivity contribution in [3.8, 4) is 5.69 Å². The van der Waals surface area contributed by atoms with Crippen LogP contribution in [0.15, 0.2) is 48.9 Å². The van der Waals surface area contributed by atoms with E-state index < -0.39 is 0 Å². The van der Waals surface area contributed by atoms with Gasteiger partial charge in [0, 0.05) is 36.7 Å². The first-order valence-corrected chi connectivity index (χ1v) is 7.61. The molecule has 0 spiro atoms. The Bertz CT molecular complexity index is 788. The van der Waals surface area contributed by atoms with Crippen molar-refractivity contribution in [3.63, 3.8) is 0 Å². The summed E-state index contributed by atoms with van der Waals surface area (Å²) in [5.41, 5.74) is 3.36.